The van der Waals surface area contributed by atoms with Gasteiger partial charge >= 0.3 is 0 Å². The van der Waals surface area contributed by atoms with E-state index >= 15 is 0 Å². The Hall–Kier alpha value is -1.13. The summed E-state index contributed by atoms with van der Waals surface area (Å²) in [5.74, 6) is 0.666. The highest BCUT2D eigenvalue weighted by molar-refractivity contribution is 5.24. The molecule has 0 radical (unpaired) electrons. The van der Waals surface area contributed by atoms with Gasteiger partial charge in [0, 0.05) is 24.8 Å². The first-order valence-electron chi connectivity index (χ1n) is 5.15. The van der Waals surface area contributed by atoms with Gasteiger partial charge in [0.05, 0.1) is 6.61 Å². The second-order valence-corrected chi connectivity index (χ2v) is 3.68. The fraction of sp³-hybridized carbons (Fsp3) is 0.545. The van der Waals surface area contributed by atoms with Gasteiger partial charge in [-0.05, 0) is 26.6 Å². The van der Waals surface area contributed by atoms with Crippen molar-refractivity contribution in [3.05, 3.63) is 23.9 Å². The second kappa shape index (κ2) is 6.37. The Morgan fingerprint density at radius 2 is 2.27 bits per heavy atom. The lowest BCUT2D eigenvalue weighted by atomic mass is 10.3. The zero-order chi connectivity index (χ0) is 11.1. The highest BCUT2D eigenvalue weighted by Crippen LogP contribution is 2.13. The van der Waals surface area contributed by atoms with E-state index in [0.29, 0.717) is 19.0 Å². The number of ether oxygens (including phenoxy) is 1. The number of hydrogen-bond acceptors (Lipinski definition) is 4. The van der Waals surface area contributed by atoms with Crippen molar-refractivity contribution in [1.82, 2.24) is 9.88 Å². The molecule has 84 valence electrons. The van der Waals surface area contributed by atoms with Crippen LogP contribution in [-0.4, -0.2) is 37.1 Å². The van der Waals surface area contributed by atoms with Crippen LogP contribution < -0.4 is 10.5 Å². The number of nitrogens with zero attached hydrogens (tertiary/aromatic N) is 2. The van der Waals surface area contributed by atoms with E-state index in [9.17, 15) is 0 Å². The SMILES string of the molecule is CN(C)CCCOc1ncccc1CN. The molecule has 0 atom stereocenters. The van der Waals surface area contributed by atoms with E-state index in [1.165, 1.54) is 0 Å². The highest BCUT2D eigenvalue weighted by atomic mass is 16.5. The molecule has 1 rings (SSSR count). The van der Waals surface area contributed by atoms with E-state index in [1.54, 1.807) is 6.20 Å². The van der Waals surface area contributed by atoms with Gasteiger partial charge < -0.3 is 15.4 Å². The second-order valence-electron chi connectivity index (χ2n) is 3.68. The van der Waals surface area contributed by atoms with Gasteiger partial charge in [0.25, 0.3) is 0 Å². The first-order valence-corrected chi connectivity index (χ1v) is 5.15. The van der Waals surface area contributed by atoms with Crippen LogP contribution in [0.3, 0.4) is 0 Å². The Kier molecular flexibility index (Phi) is 5.07. The van der Waals surface area contributed by atoms with Crippen LogP contribution in [-0.2, 0) is 6.54 Å². The molecule has 1 heterocycles. The van der Waals surface area contributed by atoms with Crippen molar-refractivity contribution in [2.45, 2.75) is 13.0 Å². The third kappa shape index (κ3) is 4.27. The summed E-state index contributed by atoms with van der Waals surface area (Å²) in [6, 6.07) is 3.81. The van der Waals surface area contributed by atoms with Gasteiger partial charge in [-0.1, -0.05) is 6.07 Å². The highest BCUT2D eigenvalue weighted by Gasteiger charge is 2.01. The summed E-state index contributed by atoms with van der Waals surface area (Å²) in [6.45, 7) is 2.17. The molecule has 2 N–H and O–H groups in total. The zero-order valence-corrected chi connectivity index (χ0v) is 9.44. The normalized spacial score (nSPS) is 10.7. The van der Waals surface area contributed by atoms with Gasteiger partial charge in [-0.3, -0.25) is 0 Å². The summed E-state index contributed by atoms with van der Waals surface area (Å²) >= 11 is 0. The summed E-state index contributed by atoms with van der Waals surface area (Å²) < 4.78 is 5.56. The lowest BCUT2D eigenvalue weighted by Crippen LogP contribution is -2.16. The van der Waals surface area contributed by atoms with Crippen molar-refractivity contribution >= 4 is 0 Å². The van der Waals surface area contributed by atoms with E-state index in [-0.39, 0.29) is 0 Å². The van der Waals surface area contributed by atoms with Gasteiger partial charge in [0.1, 0.15) is 0 Å². The maximum atomic E-state index is 5.57. The van der Waals surface area contributed by atoms with Gasteiger partial charge in [0.2, 0.25) is 5.88 Å². The molecule has 0 saturated carbocycles. The predicted octanol–water partition coefficient (Wildman–Crippen LogP) is 0.871. The van der Waals surface area contributed by atoms with Gasteiger partial charge in [-0.25, -0.2) is 4.98 Å². The monoisotopic (exact) mass is 209 g/mol. The summed E-state index contributed by atoms with van der Waals surface area (Å²) in [6.07, 6.45) is 2.72. The molecule has 4 heteroatoms. The largest absolute Gasteiger partial charge is 0.477 e. The third-order valence-corrected chi connectivity index (χ3v) is 2.06. The van der Waals surface area contributed by atoms with Crippen LogP contribution in [0.5, 0.6) is 5.88 Å². The van der Waals surface area contributed by atoms with E-state index in [0.717, 1.165) is 18.5 Å². The number of pyridine rings is 1. The minimum Gasteiger partial charge on any atom is -0.477 e. The standard InChI is InChI=1S/C11H19N3O/c1-14(2)7-4-8-15-11-10(9-12)5-3-6-13-11/h3,5-6H,4,7-9,12H2,1-2H3. The number of rotatable bonds is 6. The molecule has 0 aliphatic heterocycles. The fourth-order valence-corrected chi connectivity index (χ4v) is 1.26. The molecule has 0 aliphatic carbocycles. The number of hydrogen-bond donors (Lipinski definition) is 1. The molecular weight excluding hydrogens is 190 g/mol. The first kappa shape index (κ1) is 11.9. The lowest BCUT2D eigenvalue weighted by molar-refractivity contribution is 0.271. The van der Waals surface area contributed by atoms with Gasteiger partial charge in [-0.15, -0.1) is 0 Å². The molecule has 1 aromatic heterocycles. The van der Waals surface area contributed by atoms with Gasteiger partial charge in [-0.2, -0.15) is 0 Å². The van der Waals surface area contributed by atoms with Crippen molar-refractivity contribution in [2.24, 2.45) is 5.73 Å². The predicted molar refractivity (Wildman–Crippen MR) is 60.8 cm³/mol. The van der Waals surface area contributed by atoms with E-state index < -0.39 is 0 Å². The number of aromatic nitrogens is 1. The minimum atomic E-state index is 0.469. The Morgan fingerprint density at radius 3 is 2.93 bits per heavy atom. The van der Waals surface area contributed by atoms with Crippen LogP contribution in [0.4, 0.5) is 0 Å². The Morgan fingerprint density at radius 1 is 1.47 bits per heavy atom. The van der Waals surface area contributed by atoms with Crippen LogP contribution >= 0.6 is 0 Å². The molecule has 4 nitrogen and oxygen atoms in total. The smallest absolute Gasteiger partial charge is 0.217 e. The van der Waals surface area contributed by atoms with E-state index in [2.05, 4.69) is 9.88 Å². The van der Waals surface area contributed by atoms with Crippen LogP contribution in [0.15, 0.2) is 18.3 Å². The van der Waals surface area contributed by atoms with Crippen molar-refractivity contribution in [1.29, 1.82) is 0 Å². The molecule has 0 unspecified atom stereocenters. The molecule has 0 saturated heterocycles. The molecule has 15 heavy (non-hydrogen) atoms. The summed E-state index contributed by atoms with van der Waals surface area (Å²) in [4.78, 5) is 6.28. The zero-order valence-electron chi connectivity index (χ0n) is 9.44. The van der Waals surface area contributed by atoms with Crippen molar-refractivity contribution < 1.29 is 4.74 Å². The third-order valence-electron chi connectivity index (χ3n) is 2.06. The minimum absolute atomic E-state index is 0.469. The molecule has 0 aromatic carbocycles. The summed E-state index contributed by atoms with van der Waals surface area (Å²) in [7, 11) is 4.10. The van der Waals surface area contributed by atoms with E-state index in [4.69, 9.17) is 10.5 Å². The van der Waals surface area contributed by atoms with Crippen LogP contribution in [0.25, 0.3) is 0 Å². The molecule has 1 aromatic rings. The molecule has 0 aliphatic rings. The maximum Gasteiger partial charge on any atom is 0.217 e. The van der Waals surface area contributed by atoms with Gasteiger partial charge in [0.15, 0.2) is 0 Å². The Bertz CT molecular complexity index is 289. The summed E-state index contributed by atoms with van der Waals surface area (Å²) in [5, 5.41) is 0. The van der Waals surface area contributed by atoms with Crippen LogP contribution in [0.1, 0.15) is 12.0 Å². The van der Waals surface area contributed by atoms with Crippen molar-refractivity contribution in [3.8, 4) is 5.88 Å². The Labute approximate surface area is 91.1 Å². The van der Waals surface area contributed by atoms with Crippen LogP contribution in [0.2, 0.25) is 0 Å². The quantitative estimate of drug-likeness (QED) is 0.706. The maximum absolute atomic E-state index is 5.57. The molecule has 0 amide bonds. The lowest BCUT2D eigenvalue weighted by Gasteiger charge is -2.11. The number of nitrogens with two attached hydrogens (primary N) is 1. The molecule has 0 spiro atoms. The average Bonchev–Trinajstić information content (AvgIpc) is 2.24. The molecular formula is C11H19N3O. The van der Waals surface area contributed by atoms with Crippen LogP contribution in [0, 0.1) is 0 Å². The fourth-order valence-electron chi connectivity index (χ4n) is 1.26. The van der Waals surface area contributed by atoms with E-state index in [1.807, 2.05) is 26.2 Å². The average molecular weight is 209 g/mol. The Balaban J connectivity index is 2.36. The topological polar surface area (TPSA) is 51.4 Å². The van der Waals surface area contributed by atoms with Crippen molar-refractivity contribution in [2.75, 3.05) is 27.2 Å². The first-order chi connectivity index (χ1) is 7.24. The summed E-state index contributed by atoms with van der Waals surface area (Å²) in [5.41, 5.74) is 6.54. The van der Waals surface area contributed by atoms with Crippen molar-refractivity contribution in [3.63, 3.8) is 0 Å². The molecule has 0 bridgehead atoms. The molecule has 0 fully saturated rings.